The highest BCUT2D eigenvalue weighted by Gasteiger charge is 2.64. The molecule has 12 nitrogen and oxygen atoms in total. The molecule has 12 heteroatoms. The zero-order chi connectivity index (χ0) is 43.1. The number of Topliss-reactive ketones (excluding diaryl/α,β-unsaturated/α-hetero) is 1. The van der Waals surface area contributed by atoms with Crippen molar-refractivity contribution in [2.45, 2.75) is 181 Å². The number of aldehydes is 1. The lowest BCUT2D eigenvalue weighted by atomic mass is 9.50. The number of ether oxygens (including phenoxy) is 6. The molecule has 2 heterocycles. The molecule has 0 aromatic heterocycles. The van der Waals surface area contributed by atoms with E-state index in [-0.39, 0.29) is 33.0 Å². The molecule has 8 atom stereocenters. The van der Waals surface area contributed by atoms with Crippen LogP contribution in [-0.4, -0.2) is 75.2 Å². The SMILES string of the molecule is CC1(C)CCCC2(C#N)CC(=O)CCC12.CC1(C)CCCC2(C=O)CC3(CCC12)OCCO3.COC(=O)[C@@H]1OC2(CC[C@H]3C(C)(C)CCC[C@]3(C#N)C2)O[C@H]1C(=O)OC. The largest absolute Gasteiger partial charge is 0.467 e. The van der Waals surface area contributed by atoms with Gasteiger partial charge in [0.05, 0.1) is 50.4 Å². The number of esters is 2. The Morgan fingerprint density at radius 3 is 1.64 bits per heavy atom. The van der Waals surface area contributed by atoms with Gasteiger partial charge < -0.3 is 33.2 Å². The van der Waals surface area contributed by atoms with E-state index < -0.39 is 41.1 Å². The van der Waals surface area contributed by atoms with Crippen molar-refractivity contribution in [2.75, 3.05) is 27.4 Å². The molecule has 8 fully saturated rings. The van der Waals surface area contributed by atoms with Crippen LogP contribution in [0.25, 0.3) is 0 Å². The monoisotopic (exact) mass is 823 g/mol. The zero-order valence-corrected chi connectivity index (χ0v) is 37.1. The van der Waals surface area contributed by atoms with Crippen LogP contribution in [0.4, 0.5) is 0 Å². The molecular weight excluding hydrogens is 753 g/mol. The summed E-state index contributed by atoms with van der Waals surface area (Å²) in [5.41, 5.74) is -0.515. The van der Waals surface area contributed by atoms with Gasteiger partial charge >= 0.3 is 11.9 Å². The van der Waals surface area contributed by atoms with Gasteiger partial charge in [0.1, 0.15) is 12.1 Å². The van der Waals surface area contributed by atoms with Crippen LogP contribution in [0.15, 0.2) is 0 Å². The molecule has 59 heavy (non-hydrogen) atoms. The Morgan fingerprint density at radius 2 is 1.12 bits per heavy atom. The average Bonchev–Trinajstić information content (AvgIpc) is 3.80. The van der Waals surface area contributed by atoms with E-state index in [9.17, 15) is 29.7 Å². The zero-order valence-electron chi connectivity index (χ0n) is 37.1. The summed E-state index contributed by atoms with van der Waals surface area (Å²) < 4.78 is 33.2. The normalized spacial score (nSPS) is 39.2. The summed E-state index contributed by atoms with van der Waals surface area (Å²) in [7, 11) is 2.48. The topological polar surface area (TPSA) is 171 Å². The summed E-state index contributed by atoms with van der Waals surface area (Å²) in [6.07, 6.45) is 14.9. The minimum atomic E-state index is -1.17. The van der Waals surface area contributed by atoms with Gasteiger partial charge in [-0.05, 0) is 91.8 Å². The van der Waals surface area contributed by atoms with Crippen LogP contribution in [0, 0.1) is 72.9 Å². The van der Waals surface area contributed by atoms with E-state index in [1.54, 1.807) is 0 Å². The van der Waals surface area contributed by atoms with Crippen LogP contribution >= 0.6 is 0 Å². The van der Waals surface area contributed by atoms with Gasteiger partial charge in [0.2, 0.25) is 0 Å². The molecule has 0 aromatic rings. The summed E-state index contributed by atoms with van der Waals surface area (Å²) in [6, 6.07) is 5.03. The summed E-state index contributed by atoms with van der Waals surface area (Å²) in [6.45, 7) is 15.0. The number of nitrogens with zero attached hydrogens (tertiary/aromatic N) is 2. The van der Waals surface area contributed by atoms with Crippen LogP contribution in [0.1, 0.15) is 157 Å². The van der Waals surface area contributed by atoms with Crippen molar-refractivity contribution in [2.24, 2.45) is 50.2 Å². The molecule has 6 aliphatic carbocycles. The second kappa shape index (κ2) is 16.8. The molecule has 8 rings (SSSR count). The Kier molecular flexibility index (Phi) is 13.0. The molecule has 0 aromatic carbocycles. The van der Waals surface area contributed by atoms with Crippen molar-refractivity contribution in [1.29, 1.82) is 10.5 Å². The predicted molar refractivity (Wildman–Crippen MR) is 216 cm³/mol. The number of methoxy groups -OCH3 is 2. The van der Waals surface area contributed by atoms with E-state index in [4.69, 9.17) is 28.4 Å². The van der Waals surface area contributed by atoms with Gasteiger partial charge in [0, 0.05) is 43.9 Å². The fraction of sp³-hybridized carbons (Fsp3) is 0.872. The molecule has 328 valence electrons. The number of nitriles is 2. The highest BCUT2D eigenvalue weighted by atomic mass is 16.8. The fourth-order valence-corrected chi connectivity index (χ4v) is 13.9. The molecule has 6 saturated carbocycles. The van der Waals surface area contributed by atoms with Gasteiger partial charge in [-0.15, -0.1) is 0 Å². The number of carbonyl (C=O) groups excluding carboxylic acids is 4. The average molecular weight is 823 g/mol. The number of hydrogen-bond donors (Lipinski definition) is 0. The van der Waals surface area contributed by atoms with Gasteiger partial charge in [-0.25, -0.2) is 9.59 Å². The van der Waals surface area contributed by atoms with Gasteiger partial charge in [-0.3, -0.25) is 4.79 Å². The molecule has 4 unspecified atom stereocenters. The molecular formula is C47H70N2O10. The molecule has 2 spiro atoms. The van der Waals surface area contributed by atoms with Crippen LogP contribution < -0.4 is 0 Å². The van der Waals surface area contributed by atoms with Crippen LogP contribution in [-0.2, 0) is 47.6 Å². The number of ketones is 1. The van der Waals surface area contributed by atoms with Crippen molar-refractivity contribution >= 4 is 24.0 Å². The van der Waals surface area contributed by atoms with Gasteiger partial charge in [-0.2, -0.15) is 10.5 Å². The number of rotatable bonds is 3. The number of hydrogen-bond acceptors (Lipinski definition) is 12. The van der Waals surface area contributed by atoms with Crippen LogP contribution in [0.2, 0.25) is 0 Å². The Labute approximate surface area is 352 Å². The second-order valence-electron chi connectivity index (χ2n) is 21.4. The van der Waals surface area contributed by atoms with Crippen LogP contribution in [0.5, 0.6) is 0 Å². The first-order valence-electron chi connectivity index (χ1n) is 22.3. The maximum atomic E-state index is 12.1. The van der Waals surface area contributed by atoms with E-state index in [2.05, 4.69) is 53.7 Å². The molecule has 0 N–H and O–H groups in total. The van der Waals surface area contributed by atoms with Crippen molar-refractivity contribution in [3.05, 3.63) is 0 Å². The van der Waals surface area contributed by atoms with E-state index in [0.29, 0.717) is 56.5 Å². The summed E-state index contributed by atoms with van der Waals surface area (Å²) in [4.78, 5) is 47.6. The van der Waals surface area contributed by atoms with E-state index in [1.165, 1.54) is 33.3 Å². The Bertz CT molecular complexity index is 1660. The second-order valence-corrected chi connectivity index (χ2v) is 21.4. The molecule has 0 radical (unpaired) electrons. The predicted octanol–water partition coefficient (Wildman–Crippen LogP) is 8.33. The number of fused-ring (bicyclic) bond motifs is 3. The van der Waals surface area contributed by atoms with Gasteiger partial charge in [-0.1, -0.05) is 60.8 Å². The summed E-state index contributed by atoms with van der Waals surface area (Å²) >= 11 is 0. The standard InChI is InChI=1S/C19H27NO6.C15H24O3.C13H19NO/c1-17(2)7-5-8-18(11-20)10-19(9-6-12(17)18)25-13(15(21)23-3)14(26-19)16(22)24-4;1-13(2)5-3-6-14(11-16)10-15(7-4-12(13)14)17-8-9-18-15;1-12(2)6-3-7-13(9-14)8-10(15)4-5-11(12)13/h12-14H,5-10H2,1-4H3;11-12H,3-10H2,1-2H3;11H,3-8H2,1-2H3/t12-,13+,14+,18+;;/m0../s1. The molecule has 0 bridgehead atoms. The van der Waals surface area contributed by atoms with E-state index in [1.807, 2.05) is 0 Å². The quantitative estimate of drug-likeness (QED) is 0.197. The van der Waals surface area contributed by atoms with Crippen molar-refractivity contribution in [3.63, 3.8) is 0 Å². The minimum Gasteiger partial charge on any atom is -0.467 e. The van der Waals surface area contributed by atoms with Gasteiger partial charge in [0.25, 0.3) is 0 Å². The lowest BCUT2D eigenvalue weighted by Gasteiger charge is -2.55. The molecule has 8 aliphatic rings. The minimum absolute atomic E-state index is 0.0672. The van der Waals surface area contributed by atoms with Crippen molar-refractivity contribution in [1.82, 2.24) is 0 Å². The first-order chi connectivity index (χ1) is 27.7. The summed E-state index contributed by atoms with van der Waals surface area (Å²) in [5.74, 6) is -1.45. The lowest BCUT2D eigenvalue weighted by Crippen LogP contribution is -2.54. The molecule has 0 amide bonds. The lowest BCUT2D eigenvalue weighted by molar-refractivity contribution is -0.235. The third kappa shape index (κ3) is 8.51. The Hall–Kier alpha value is -2.90. The Morgan fingerprint density at radius 1 is 0.644 bits per heavy atom. The van der Waals surface area contributed by atoms with Gasteiger partial charge in [0.15, 0.2) is 23.8 Å². The third-order valence-corrected chi connectivity index (χ3v) is 16.6. The molecule has 2 saturated heterocycles. The smallest absolute Gasteiger partial charge is 0.338 e. The van der Waals surface area contributed by atoms with E-state index in [0.717, 1.165) is 77.0 Å². The highest BCUT2D eigenvalue weighted by molar-refractivity contribution is 5.86. The molecule has 2 aliphatic heterocycles. The highest BCUT2D eigenvalue weighted by Crippen LogP contribution is 2.63. The van der Waals surface area contributed by atoms with Crippen molar-refractivity contribution in [3.8, 4) is 12.1 Å². The fourth-order valence-electron chi connectivity index (χ4n) is 13.9. The Balaban J connectivity index is 0.000000155. The maximum Gasteiger partial charge on any atom is 0.338 e. The van der Waals surface area contributed by atoms with E-state index >= 15 is 0 Å². The third-order valence-electron chi connectivity index (χ3n) is 16.6. The summed E-state index contributed by atoms with van der Waals surface area (Å²) in [5, 5.41) is 19.5. The first kappa shape index (κ1) is 45.6. The first-order valence-corrected chi connectivity index (χ1v) is 22.3. The van der Waals surface area contributed by atoms with Crippen molar-refractivity contribution < 1.29 is 47.6 Å². The maximum absolute atomic E-state index is 12.1. The van der Waals surface area contributed by atoms with Crippen LogP contribution in [0.3, 0.4) is 0 Å². The number of carbonyl (C=O) groups is 4.